The molecule has 0 spiro atoms. The smallest absolute Gasteiger partial charge is 0.305 e. The second-order valence-electron chi connectivity index (χ2n) is 22.5. The predicted octanol–water partition coefficient (Wildman–Crippen LogP) is 20.3. The quantitative estimate of drug-likeness (QED) is 0.0417. The number of carbonyl (C=O) groups is 2. The molecule has 0 aromatic heterocycles. The van der Waals surface area contributed by atoms with E-state index < -0.39 is 12.1 Å². The van der Waals surface area contributed by atoms with Crippen LogP contribution < -0.4 is 5.32 Å². The van der Waals surface area contributed by atoms with Gasteiger partial charge in [-0.1, -0.05) is 335 Å². The molecule has 0 aliphatic heterocycles. The van der Waals surface area contributed by atoms with Gasteiger partial charge in [0.05, 0.1) is 25.4 Å². The van der Waals surface area contributed by atoms with Crippen molar-refractivity contribution in [1.82, 2.24) is 5.32 Å². The molecule has 0 bridgehead atoms. The number of hydrogen-bond acceptors (Lipinski definition) is 5. The molecule has 418 valence electrons. The van der Waals surface area contributed by atoms with E-state index in [1.165, 1.54) is 302 Å². The predicted molar refractivity (Wildman–Crippen MR) is 306 cm³/mol. The number of aliphatic hydroxyl groups excluding tert-OH is 2. The summed E-state index contributed by atoms with van der Waals surface area (Å²) in [6.07, 6.45) is 71.4. The van der Waals surface area contributed by atoms with Crippen LogP contribution in [0.4, 0.5) is 0 Å². The third-order valence-electron chi connectivity index (χ3n) is 15.4. The van der Waals surface area contributed by atoms with Crippen LogP contribution >= 0.6 is 0 Å². The molecule has 6 heteroatoms. The minimum absolute atomic E-state index is 0.0215. The average molecular weight is 991 g/mol. The lowest BCUT2D eigenvalue weighted by Crippen LogP contribution is -2.45. The van der Waals surface area contributed by atoms with E-state index in [1.807, 2.05) is 0 Å². The summed E-state index contributed by atoms with van der Waals surface area (Å²) in [4.78, 5) is 24.5. The number of carbonyl (C=O) groups excluding carboxylic acids is 2. The first-order chi connectivity index (χ1) is 34.5. The highest BCUT2D eigenvalue weighted by Crippen LogP contribution is 2.19. The monoisotopic (exact) mass is 990 g/mol. The maximum atomic E-state index is 12.4. The Bertz CT molecular complexity index is 1010. The second-order valence-corrected chi connectivity index (χ2v) is 22.5. The molecule has 0 rings (SSSR count). The molecule has 6 nitrogen and oxygen atoms in total. The minimum atomic E-state index is -0.658. The molecule has 3 N–H and O–H groups in total. The largest absolute Gasteiger partial charge is 0.466 e. The van der Waals surface area contributed by atoms with Gasteiger partial charge < -0.3 is 20.3 Å². The summed E-state index contributed by atoms with van der Waals surface area (Å²) in [7, 11) is 0. The van der Waals surface area contributed by atoms with E-state index in [0.717, 1.165) is 38.5 Å². The number of unbranched alkanes of at least 4 members (excludes halogenated alkanes) is 50. The Balaban J connectivity index is 3.29. The van der Waals surface area contributed by atoms with Crippen LogP contribution in [-0.2, 0) is 14.3 Å². The van der Waals surface area contributed by atoms with Crippen molar-refractivity contribution in [3.63, 3.8) is 0 Å². The van der Waals surface area contributed by atoms with Crippen molar-refractivity contribution in [2.45, 2.75) is 386 Å². The van der Waals surface area contributed by atoms with Crippen molar-refractivity contribution in [2.24, 2.45) is 0 Å². The van der Waals surface area contributed by atoms with Gasteiger partial charge >= 0.3 is 5.97 Å². The van der Waals surface area contributed by atoms with E-state index in [-0.39, 0.29) is 18.5 Å². The topological polar surface area (TPSA) is 95.9 Å². The zero-order valence-electron chi connectivity index (χ0n) is 47.8. The van der Waals surface area contributed by atoms with Crippen LogP contribution in [0.5, 0.6) is 0 Å². The molecular formula is C64H127NO5. The number of hydrogen-bond donors (Lipinski definition) is 3. The molecule has 0 aliphatic carbocycles. The Morgan fingerprint density at radius 2 is 0.586 bits per heavy atom. The molecular weight excluding hydrogens is 863 g/mol. The first kappa shape index (κ1) is 68.9. The number of esters is 1. The van der Waals surface area contributed by atoms with Crippen LogP contribution in [0.25, 0.3) is 0 Å². The van der Waals surface area contributed by atoms with Gasteiger partial charge in [-0.2, -0.15) is 0 Å². The summed E-state index contributed by atoms with van der Waals surface area (Å²) < 4.78 is 5.48. The molecule has 0 radical (unpaired) electrons. The van der Waals surface area contributed by atoms with Crippen LogP contribution in [0, 0.1) is 0 Å². The zero-order chi connectivity index (χ0) is 50.7. The molecule has 2 unspecified atom stereocenters. The van der Waals surface area contributed by atoms with Crippen LogP contribution in [-0.4, -0.2) is 47.4 Å². The summed E-state index contributed by atoms with van der Waals surface area (Å²) in [5.41, 5.74) is 0. The van der Waals surface area contributed by atoms with Gasteiger partial charge in [-0.05, 0) is 25.7 Å². The van der Waals surface area contributed by atoms with Crippen LogP contribution in [0.1, 0.15) is 373 Å². The fraction of sp³-hybridized carbons (Fsp3) is 0.969. The van der Waals surface area contributed by atoms with Gasteiger partial charge in [0.25, 0.3) is 0 Å². The standard InChI is InChI=1S/C64H127NO5/c1-3-5-7-9-11-13-15-38-42-46-50-54-58-64(69)70-59-55-51-47-43-39-35-33-31-29-27-25-23-21-19-17-16-18-20-22-24-26-28-30-32-34-37-41-45-49-53-57-63(68)65-61(60-66)62(67)56-52-48-44-40-36-14-12-10-8-6-4-2/h61-62,66-67H,3-60H2,1-2H3,(H,65,68). The van der Waals surface area contributed by atoms with Gasteiger partial charge in [0, 0.05) is 12.8 Å². The lowest BCUT2D eigenvalue weighted by Gasteiger charge is -2.22. The van der Waals surface area contributed by atoms with Gasteiger partial charge in [0.1, 0.15) is 0 Å². The highest BCUT2D eigenvalue weighted by molar-refractivity contribution is 5.76. The van der Waals surface area contributed by atoms with Crippen LogP contribution in [0.15, 0.2) is 0 Å². The van der Waals surface area contributed by atoms with Crippen LogP contribution in [0.2, 0.25) is 0 Å². The van der Waals surface area contributed by atoms with E-state index in [9.17, 15) is 19.8 Å². The van der Waals surface area contributed by atoms with Crippen molar-refractivity contribution in [3.8, 4) is 0 Å². The Morgan fingerprint density at radius 3 is 0.871 bits per heavy atom. The summed E-state index contributed by atoms with van der Waals surface area (Å²) in [5, 5.41) is 23.2. The summed E-state index contributed by atoms with van der Waals surface area (Å²) in [6, 6.07) is -0.535. The molecule has 70 heavy (non-hydrogen) atoms. The molecule has 0 fully saturated rings. The zero-order valence-corrected chi connectivity index (χ0v) is 47.8. The van der Waals surface area contributed by atoms with Gasteiger partial charge in [-0.15, -0.1) is 0 Å². The number of amides is 1. The molecule has 0 heterocycles. The maximum Gasteiger partial charge on any atom is 0.305 e. The van der Waals surface area contributed by atoms with Crippen LogP contribution in [0.3, 0.4) is 0 Å². The second kappa shape index (κ2) is 60.4. The fourth-order valence-electron chi connectivity index (χ4n) is 10.5. The lowest BCUT2D eigenvalue weighted by atomic mass is 10.0. The first-order valence-electron chi connectivity index (χ1n) is 32.3. The highest BCUT2D eigenvalue weighted by Gasteiger charge is 2.20. The number of aliphatic hydroxyl groups is 2. The normalized spacial score (nSPS) is 12.5. The Hall–Kier alpha value is -1.14. The Kier molecular flexibility index (Phi) is 59.4. The maximum absolute atomic E-state index is 12.4. The van der Waals surface area contributed by atoms with Gasteiger partial charge in [0.15, 0.2) is 0 Å². The summed E-state index contributed by atoms with van der Waals surface area (Å²) in [6.45, 7) is 4.97. The summed E-state index contributed by atoms with van der Waals surface area (Å²) in [5.74, 6) is -0.00827. The number of rotatable bonds is 61. The minimum Gasteiger partial charge on any atom is -0.466 e. The lowest BCUT2D eigenvalue weighted by molar-refractivity contribution is -0.143. The average Bonchev–Trinajstić information content (AvgIpc) is 3.36. The first-order valence-corrected chi connectivity index (χ1v) is 32.3. The highest BCUT2D eigenvalue weighted by atomic mass is 16.5. The summed E-state index contributed by atoms with van der Waals surface area (Å²) >= 11 is 0. The van der Waals surface area contributed by atoms with E-state index in [4.69, 9.17) is 4.74 Å². The van der Waals surface area contributed by atoms with Gasteiger partial charge in [-0.3, -0.25) is 9.59 Å². The van der Waals surface area contributed by atoms with Gasteiger partial charge in [-0.25, -0.2) is 0 Å². The molecule has 0 aromatic rings. The van der Waals surface area contributed by atoms with Crippen molar-refractivity contribution in [2.75, 3.05) is 13.2 Å². The number of nitrogens with one attached hydrogen (secondary N) is 1. The van der Waals surface area contributed by atoms with Crippen molar-refractivity contribution in [1.29, 1.82) is 0 Å². The van der Waals surface area contributed by atoms with Crippen molar-refractivity contribution < 1.29 is 24.5 Å². The third kappa shape index (κ3) is 56.2. The van der Waals surface area contributed by atoms with E-state index >= 15 is 0 Å². The number of ether oxygens (including phenoxy) is 1. The SMILES string of the molecule is CCCCCCCCCCCCCCC(=O)OCCCCCCCCCCCCCCCCCCCCCCCCCCCCCCCCC(=O)NC(CO)C(O)CCCCCCCCCCCCC. The van der Waals surface area contributed by atoms with E-state index in [2.05, 4.69) is 19.2 Å². The fourth-order valence-corrected chi connectivity index (χ4v) is 10.5. The Labute approximate surface area is 438 Å². The molecule has 0 saturated carbocycles. The third-order valence-corrected chi connectivity index (χ3v) is 15.4. The van der Waals surface area contributed by atoms with Crippen molar-refractivity contribution in [3.05, 3.63) is 0 Å². The molecule has 1 amide bonds. The van der Waals surface area contributed by atoms with Crippen molar-refractivity contribution >= 4 is 11.9 Å². The molecule has 0 aromatic carbocycles. The van der Waals surface area contributed by atoms with E-state index in [1.54, 1.807) is 0 Å². The molecule has 0 aliphatic rings. The molecule has 0 saturated heterocycles. The van der Waals surface area contributed by atoms with E-state index in [0.29, 0.717) is 25.9 Å². The van der Waals surface area contributed by atoms with Gasteiger partial charge in [0.2, 0.25) is 5.91 Å². The molecule has 2 atom stereocenters. The Morgan fingerprint density at radius 1 is 0.343 bits per heavy atom.